The summed E-state index contributed by atoms with van der Waals surface area (Å²) in [5, 5.41) is 0.811. The van der Waals surface area contributed by atoms with E-state index in [0.717, 1.165) is 18.2 Å². The van der Waals surface area contributed by atoms with Crippen molar-refractivity contribution in [1.29, 1.82) is 0 Å². The second-order valence-corrected chi connectivity index (χ2v) is 2.69. The van der Waals surface area contributed by atoms with Crippen molar-refractivity contribution in [2.75, 3.05) is 28.8 Å². The van der Waals surface area contributed by atoms with Crippen LogP contribution in [0.3, 0.4) is 0 Å². The van der Waals surface area contributed by atoms with E-state index >= 15 is 0 Å². The molecule has 0 spiro atoms. The van der Waals surface area contributed by atoms with Crippen LogP contribution >= 0.6 is 0 Å². The van der Waals surface area contributed by atoms with Gasteiger partial charge in [0.25, 0.3) is 5.95 Å². The first-order valence-corrected chi connectivity index (χ1v) is 3.73. The molecule has 2 rings (SSSR count). The molecule has 0 aliphatic carbocycles. The predicted molar refractivity (Wildman–Crippen MR) is 47.3 cm³/mol. The third-order valence-electron chi connectivity index (χ3n) is 1.59. The average Bonchev–Trinajstić information content (AvgIpc) is 2.85. The highest BCUT2D eigenvalue weighted by Gasteiger charge is 2.22. The number of hydrazine groups is 2. The molecule has 0 amide bonds. The van der Waals surface area contributed by atoms with Crippen molar-refractivity contribution in [2.45, 2.75) is 0 Å². The lowest BCUT2D eigenvalue weighted by atomic mass is 10.8. The molecule has 1 aliphatic heterocycles. The normalized spacial score (nSPS) is 14.5. The van der Waals surface area contributed by atoms with Crippen LogP contribution in [0, 0.1) is 0 Å². The van der Waals surface area contributed by atoms with E-state index in [4.69, 9.17) is 17.4 Å². The van der Waals surface area contributed by atoms with Crippen LogP contribution < -0.4 is 27.4 Å². The first kappa shape index (κ1) is 7.95. The standard InChI is InChI=1S/C5H10N8/c6-3-9-4(12-1-2-12)11-5(10-3)13(7)8/h1-2,7-8H2,(H2,6,9,10,11). The summed E-state index contributed by atoms with van der Waals surface area (Å²) in [5.74, 6) is 11.3. The summed E-state index contributed by atoms with van der Waals surface area (Å²) >= 11 is 0. The Labute approximate surface area is 74.3 Å². The van der Waals surface area contributed by atoms with E-state index in [1.165, 1.54) is 0 Å². The summed E-state index contributed by atoms with van der Waals surface area (Å²) in [6.45, 7) is 1.86. The summed E-state index contributed by atoms with van der Waals surface area (Å²) in [6.07, 6.45) is 0. The van der Waals surface area contributed by atoms with E-state index in [1.807, 2.05) is 4.90 Å². The summed E-state index contributed by atoms with van der Waals surface area (Å²) in [5.41, 5.74) is 5.44. The molecule has 8 heteroatoms. The highest BCUT2D eigenvalue weighted by atomic mass is 15.6. The lowest BCUT2D eigenvalue weighted by Gasteiger charge is -2.10. The highest BCUT2D eigenvalue weighted by molar-refractivity contribution is 5.45. The SMILES string of the molecule is Nc1nc(N(N)N)nc(N2CC2)n1. The van der Waals surface area contributed by atoms with E-state index in [0.29, 0.717) is 5.95 Å². The topological polar surface area (TPSA) is 123 Å². The number of nitrogens with two attached hydrogens (primary N) is 3. The summed E-state index contributed by atoms with van der Waals surface area (Å²) < 4.78 is 0. The lowest BCUT2D eigenvalue weighted by Crippen LogP contribution is -2.39. The minimum absolute atomic E-state index is 0.118. The molecule has 0 unspecified atom stereocenters. The number of anilines is 3. The number of nitrogen functional groups attached to an aromatic ring is 1. The molecule has 2 heterocycles. The maximum atomic E-state index is 5.44. The van der Waals surface area contributed by atoms with Crippen molar-refractivity contribution < 1.29 is 0 Å². The zero-order chi connectivity index (χ0) is 9.42. The first-order chi connectivity index (χ1) is 6.16. The zero-order valence-corrected chi connectivity index (χ0v) is 6.88. The molecule has 13 heavy (non-hydrogen) atoms. The van der Waals surface area contributed by atoms with E-state index < -0.39 is 0 Å². The largest absolute Gasteiger partial charge is 0.368 e. The van der Waals surface area contributed by atoms with Gasteiger partial charge in [-0.3, -0.25) is 0 Å². The second-order valence-electron chi connectivity index (χ2n) is 2.69. The minimum atomic E-state index is 0.118. The molecular weight excluding hydrogens is 172 g/mol. The van der Waals surface area contributed by atoms with E-state index in [2.05, 4.69) is 15.0 Å². The molecule has 8 nitrogen and oxygen atoms in total. The highest BCUT2D eigenvalue weighted by Crippen LogP contribution is 2.17. The molecule has 0 saturated carbocycles. The third-order valence-corrected chi connectivity index (χ3v) is 1.59. The Hall–Kier alpha value is -1.67. The van der Waals surface area contributed by atoms with Gasteiger partial charge in [-0.2, -0.15) is 15.0 Å². The molecule has 70 valence electrons. The van der Waals surface area contributed by atoms with Gasteiger partial charge in [-0.05, 0) is 0 Å². The fourth-order valence-electron chi connectivity index (χ4n) is 0.876. The van der Waals surface area contributed by atoms with Crippen molar-refractivity contribution in [3.63, 3.8) is 0 Å². The number of aromatic nitrogens is 3. The first-order valence-electron chi connectivity index (χ1n) is 3.73. The van der Waals surface area contributed by atoms with E-state index in [-0.39, 0.29) is 11.9 Å². The van der Waals surface area contributed by atoms with Crippen molar-refractivity contribution in [2.24, 2.45) is 11.7 Å². The van der Waals surface area contributed by atoms with Crippen LogP contribution in [0.25, 0.3) is 0 Å². The Bertz CT molecular complexity index is 298. The van der Waals surface area contributed by atoms with Crippen molar-refractivity contribution in [3.05, 3.63) is 0 Å². The Balaban J connectivity index is 2.36. The van der Waals surface area contributed by atoms with E-state index in [1.54, 1.807) is 0 Å². The molecule has 0 radical (unpaired) electrons. The van der Waals surface area contributed by atoms with Gasteiger partial charge in [0.05, 0.1) is 0 Å². The maximum Gasteiger partial charge on any atom is 0.261 e. The van der Waals surface area contributed by atoms with Crippen LogP contribution in [-0.4, -0.2) is 28.0 Å². The van der Waals surface area contributed by atoms with Crippen molar-refractivity contribution >= 4 is 17.8 Å². The molecule has 0 atom stereocenters. The van der Waals surface area contributed by atoms with Crippen LogP contribution in [0.2, 0.25) is 0 Å². The van der Waals surface area contributed by atoms with E-state index in [9.17, 15) is 0 Å². The Morgan fingerprint density at radius 1 is 1.15 bits per heavy atom. The quantitative estimate of drug-likeness (QED) is 0.268. The van der Waals surface area contributed by atoms with Crippen LogP contribution in [0.1, 0.15) is 0 Å². The van der Waals surface area contributed by atoms with Gasteiger partial charge in [0.2, 0.25) is 11.9 Å². The van der Waals surface area contributed by atoms with Crippen LogP contribution in [0.15, 0.2) is 0 Å². The maximum absolute atomic E-state index is 5.44. The molecule has 1 aromatic rings. The fourth-order valence-corrected chi connectivity index (χ4v) is 0.876. The number of rotatable bonds is 2. The Morgan fingerprint density at radius 2 is 1.85 bits per heavy atom. The van der Waals surface area contributed by atoms with Crippen LogP contribution in [0.4, 0.5) is 17.8 Å². The molecule has 1 aliphatic rings. The third kappa shape index (κ3) is 1.58. The molecule has 0 aromatic carbocycles. The van der Waals surface area contributed by atoms with Crippen LogP contribution in [-0.2, 0) is 0 Å². The summed E-state index contributed by atoms with van der Waals surface area (Å²) in [6, 6.07) is 0. The lowest BCUT2D eigenvalue weighted by molar-refractivity contribution is 0.848. The number of hydrogen-bond acceptors (Lipinski definition) is 8. The Morgan fingerprint density at radius 3 is 2.38 bits per heavy atom. The van der Waals surface area contributed by atoms with Crippen LogP contribution in [0.5, 0.6) is 0 Å². The number of nitrogens with zero attached hydrogens (tertiary/aromatic N) is 5. The van der Waals surface area contributed by atoms with Gasteiger partial charge in [0.15, 0.2) is 0 Å². The van der Waals surface area contributed by atoms with Gasteiger partial charge in [-0.1, -0.05) is 0 Å². The van der Waals surface area contributed by atoms with Crippen molar-refractivity contribution in [3.8, 4) is 0 Å². The van der Waals surface area contributed by atoms with Gasteiger partial charge in [0, 0.05) is 13.1 Å². The molecular formula is C5H10N8. The summed E-state index contributed by atoms with van der Waals surface area (Å²) in [7, 11) is 0. The minimum Gasteiger partial charge on any atom is -0.368 e. The monoisotopic (exact) mass is 182 g/mol. The van der Waals surface area contributed by atoms with Gasteiger partial charge in [-0.15, -0.1) is 0 Å². The Kier molecular flexibility index (Phi) is 1.64. The predicted octanol–water partition coefficient (Wildman–Crippen LogP) is -2.17. The molecule has 1 fully saturated rings. The average molecular weight is 182 g/mol. The fraction of sp³-hybridized carbons (Fsp3) is 0.400. The molecule has 1 saturated heterocycles. The molecule has 1 aromatic heterocycles. The molecule has 0 bridgehead atoms. The van der Waals surface area contributed by atoms with Gasteiger partial charge in [-0.25, -0.2) is 16.8 Å². The summed E-state index contributed by atoms with van der Waals surface area (Å²) in [4.78, 5) is 13.6. The molecule has 6 N–H and O–H groups in total. The van der Waals surface area contributed by atoms with Gasteiger partial charge >= 0.3 is 0 Å². The van der Waals surface area contributed by atoms with Gasteiger partial charge < -0.3 is 10.6 Å². The zero-order valence-electron chi connectivity index (χ0n) is 6.88. The van der Waals surface area contributed by atoms with Crippen molar-refractivity contribution in [1.82, 2.24) is 15.0 Å². The second kappa shape index (κ2) is 2.68. The number of hydrogen-bond donors (Lipinski definition) is 3. The smallest absolute Gasteiger partial charge is 0.261 e. The van der Waals surface area contributed by atoms with Gasteiger partial charge in [0.1, 0.15) is 0 Å².